The van der Waals surface area contributed by atoms with Gasteiger partial charge in [-0.15, -0.1) is 0 Å². The summed E-state index contributed by atoms with van der Waals surface area (Å²) in [7, 11) is 0. The van der Waals surface area contributed by atoms with Crippen molar-refractivity contribution in [3.63, 3.8) is 0 Å². The molecule has 3 heteroatoms. The molecule has 0 atom stereocenters. The van der Waals surface area contributed by atoms with Crippen LogP contribution in [-0.4, -0.2) is 11.2 Å². The van der Waals surface area contributed by atoms with E-state index >= 15 is 0 Å². The van der Waals surface area contributed by atoms with E-state index in [1.54, 1.807) is 18.2 Å². The SMILES string of the molecule is Nc1ccc(O)c(OC2CCCCC2)c1. The lowest BCUT2D eigenvalue weighted by Gasteiger charge is -2.23. The third-order valence-corrected chi connectivity index (χ3v) is 2.83. The Morgan fingerprint density at radius 3 is 2.67 bits per heavy atom. The smallest absolute Gasteiger partial charge is 0.163 e. The Hall–Kier alpha value is -1.38. The fourth-order valence-corrected chi connectivity index (χ4v) is 1.99. The van der Waals surface area contributed by atoms with Crippen LogP contribution in [0.2, 0.25) is 0 Å². The molecule has 2 rings (SSSR count). The van der Waals surface area contributed by atoms with Crippen LogP contribution in [0.15, 0.2) is 18.2 Å². The predicted molar refractivity (Wildman–Crippen MR) is 60.0 cm³/mol. The van der Waals surface area contributed by atoms with E-state index in [-0.39, 0.29) is 11.9 Å². The normalized spacial score (nSPS) is 17.6. The number of nitrogen functional groups attached to an aromatic ring is 1. The summed E-state index contributed by atoms with van der Waals surface area (Å²) in [5.41, 5.74) is 6.27. The van der Waals surface area contributed by atoms with Crippen molar-refractivity contribution in [3.05, 3.63) is 18.2 Å². The number of benzene rings is 1. The minimum Gasteiger partial charge on any atom is -0.504 e. The molecule has 1 aliphatic carbocycles. The number of rotatable bonds is 2. The van der Waals surface area contributed by atoms with Gasteiger partial charge >= 0.3 is 0 Å². The van der Waals surface area contributed by atoms with Crippen molar-refractivity contribution in [1.29, 1.82) is 0 Å². The highest BCUT2D eigenvalue weighted by molar-refractivity contribution is 5.51. The first kappa shape index (κ1) is 10.1. The van der Waals surface area contributed by atoms with Gasteiger partial charge in [0.2, 0.25) is 0 Å². The zero-order chi connectivity index (χ0) is 10.7. The largest absolute Gasteiger partial charge is 0.504 e. The summed E-state index contributed by atoms with van der Waals surface area (Å²) in [6.07, 6.45) is 6.12. The van der Waals surface area contributed by atoms with Crippen LogP contribution in [0, 0.1) is 0 Å². The number of phenolic OH excluding ortho intramolecular Hbond substituents is 1. The molecular formula is C12H17NO2. The summed E-state index contributed by atoms with van der Waals surface area (Å²) < 4.78 is 5.74. The molecule has 0 heterocycles. The Morgan fingerprint density at radius 1 is 1.20 bits per heavy atom. The molecule has 0 amide bonds. The molecule has 0 unspecified atom stereocenters. The number of nitrogens with two attached hydrogens (primary N) is 1. The van der Waals surface area contributed by atoms with Crippen LogP contribution in [0.3, 0.4) is 0 Å². The number of phenols is 1. The molecule has 1 aliphatic rings. The second kappa shape index (κ2) is 4.43. The minimum atomic E-state index is 0.176. The summed E-state index contributed by atoms with van der Waals surface area (Å²) >= 11 is 0. The van der Waals surface area contributed by atoms with Crippen molar-refractivity contribution >= 4 is 5.69 Å². The number of aromatic hydroxyl groups is 1. The molecule has 0 aliphatic heterocycles. The molecular weight excluding hydrogens is 190 g/mol. The van der Waals surface area contributed by atoms with Crippen molar-refractivity contribution < 1.29 is 9.84 Å². The molecule has 0 spiro atoms. The van der Waals surface area contributed by atoms with E-state index in [9.17, 15) is 5.11 Å². The topological polar surface area (TPSA) is 55.5 Å². The van der Waals surface area contributed by atoms with Gasteiger partial charge in [-0.1, -0.05) is 6.42 Å². The Labute approximate surface area is 89.9 Å². The summed E-state index contributed by atoms with van der Waals surface area (Å²) in [5.74, 6) is 0.691. The van der Waals surface area contributed by atoms with E-state index in [2.05, 4.69) is 0 Å². The molecule has 82 valence electrons. The quantitative estimate of drug-likeness (QED) is 0.579. The van der Waals surface area contributed by atoms with E-state index < -0.39 is 0 Å². The molecule has 1 aromatic rings. The van der Waals surface area contributed by atoms with Gasteiger partial charge in [-0.2, -0.15) is 0 Å². The van der Waals surface area contributed by atoms with Crippen molar-refractivity contribution in [3.8, 4) is 11.5 Å². The number of hydrogen-bond acceptors (Lipinski definition) is 3. The maximum atomic E-state index is 9.59. The van der Waals surface area contributed by atoms with Crippen LogP contribution in [0.25, 0.3) is 0 Å². The Kier molecular flexibility index (Phi) is 2.99. The number of anilines is 1. The van der Waals surface area contributed by atoms with Gasteiger partial charge < -0.3 is 15.6 Å². The van der Waals surface area contributed by atoms with E-state index in [1.807, 2.05) is 0 Å². The van der Waals surface area contributed by atoms with Gasteiger partial charge in [0.15, 0.2) is 11.5 Å². The van der Waals surface area contributed by atoms with Crippen molar-refractivity contribution in [2.75, 3.05) is 5.73 Å². The third kappa shape index (κ3) is 2.55. The van der Waals surface area contributed by atoms with Crippen molar-refractivity contribution in [2.24, 2.45) is 0 Å². The second-order valence-electron chi connectivity index (χ2n) is 4.11. The summed E-state index contributed by atoms with van der Waals surface area (Å²) in [6, 6.07) is 4.93. The van der Waals surface area contributed by atoms with Crippen LogP contribution in [-0.2, 0) is 0 Å². The molecule has 0 radical (unpaired) electrons. The lowest BCUT2D eigenvalue weighted by molar-refractivity contribution is 0.150. The Bertz CT molecular complexity index is 332. The fourth-order valence-electron chi connectivity index (χ4n) is 1.99. The highest BCUT2D eigenvalue weighted by atomic mass is 16.5. The molecule has 1 saturated carbocycles. The van der Waals surface area contributed by atoms with Crippen LogP contribution in [0.4, 0.5) is 5.69 Å². The van der Waals surface area contributed by atoms with Gasteiger partial charge in [0.05, 0.1) is 6.10 Å². The minimum absolute atomic E-state index is 0.176. The number of hydrogen-bond donors (Lipinski definition) is 2. The predicted octanol–water partition coefficient (Wildman–Crippen LogP) is 2.69. The van der Waals surface area contributed by atoms with E-state index in [1.165, 1.54) is 19.3 Å². The molecule has 0 aromatic heterocycles. The zero-order valence-corrected chi connectivity index (χ0v) is 8.78. The lowest BCUT2D eigenvalue weighted by Crippen LogP contribution is -2.19. The van der Waals surface area contributed by atoms with E-state index in [4.69, 9.17) is 10.5 Å². The zero-order valence-electron chi connectivity index (χ0n) is 8.78. The van der Waals surface area contributed by atoms with Crippen molar-refractivity contribution in [2.45, 2.75) is 38.2 Å². The highest BCUT2D eigenvalue weighted by Crippen LogP contribution is 2.31. The molecule has 0 bridgehead atoms. The van der Waals surface area contributed by atoms with Gasteiger partial charge in [-0.3, -0.25) is 0 Å². The number of ether oxygens (including phenoxy) is 1. The van der Waals surface area contributed by atoms with Gasteiger partial charge in [0.1, 0.15) is 0 Å². The van der Waals surface area contributed by atoms with E-state index in [0.29, 0.717) is 11.4 Å². The molecule has 15 heavy (non-hydrogen) atoms. The molecule has 3 N–H and O–H groups in total. The van der Waals surface area contributed by atoms with Gasteiger partial charge in [0, 0.05) is 11.8 Å². The van der Waals surface area contributed by atoms with Gasteiger partial charge in [0.25, 0.3) is 0 Å². The average Bonchev–Trinajstić information content (AvgIpc) is 2.25. The third-order valence-electron chi connectivity index (χ3n) is 2.83. The molecule has 1 fully saturated rings. The van der Waals surface area contributed by atoms with Crippen LogP contribution >= 0.6 is 0 Å². The molecule has 1 aromatic carbocycles. The highest BCUT2D eigenvalue weighted by Gasteiger charge is 2.16. The van der Waals surface area contributed by atoms with Crippen LogP contribution in [0.5, 0.6) is 11.5 Å². The van der Waals surface area contributed by atoms with Crippen molar-refractivity contribution in [1.82, 2.24) is 0 Å². The Morgan fingerprint density at radius 2 is 1.93 bits per heavy atom. The van der Waals surface area contributed by atoms with Gasteiger partial charge in [-0.25, -0.2) is 0 Å². The standard InChI is InChI=1S/C12H17NO2/c13-9-6-7-11(14)12(8-9)15-10-4-2-1-3-5-10/h6-8,10,14H,1-5,13H2. The lowest BCUT2D eigenvalue weighted by atomic mass is 9.98. The van der Waals surface area contributed by atoms with Crippen LogP contribution < -0.4 is 10.5 Å². The first-order valence-corrected chi connectivity index (χ1v) is 5.51. The second-order valence-corrected chi connectivity index (χ2v) is 4.11. The fraction of sp³-hybridized carbons (Fsp3) is 0.500. The summed E-state index contributed by atoms with van der Waals surface area (Å²) in [5, 5.41) is 9.59. The maximum Gasteiger partial charge on any atom is 0.163 e. The van der Waals surface area contributed by atoms with Crippen LogP contribution in [0.1, 0.15) is 32.1 Å². The summed E-state index contributed by atoms with van der Waals surface area (Å²) in [4.78, 5) is 0. The monoisotopic (exact) mass is 207 g/mol. The average molecular weight is 207 g/mol. The van der Waals surface area contributed by atoms with Gasteiger partial charge in [-0.05, 0) is 37.8 Å². The first-order valence-electron chi connectivity index (χ1n) is 5.51. The first-order chi connectivity index (χ1) is 7.25. The molecule has 3 nitrogen and oxygen atoms in total. The van der Waals surface area contributed by atoms with E-state index in [0.717, 1.165) is 12.8 Å². The molecule has 0 saturated heterocycles. The summed E-state index contributed by atoms with van der Waals surface area (Å²) in [6.45, 7) is 0. The Balaban J connectivity index is 2.05. The maximum absolute atomic E-state index is 9.59.